The summed E-state index contributed by atoms with van der Waals surface area (Å²) >= 11 is 2.98. The number of carbonyl (C=O) groups excluding carboxylic acids is 1. The summed E-state index contributed by atoms with van der Waals surface area (Å²) in [7, 11) is 2.02. The van der Waals surface area contributed by atoms with Crippen LogP contribution in [0.25, 0.3) is 0 Å². The highest BCUT2D eigenvalue weighted by molar-refractivity contribution is 9.10. The van der Waals surface area contributed by atoms with E-state index in [9.17, 15) is 9.18 Å². The lowest BCUT2D eigenvalue weighted by Crippen LogP contribution is -2.47. The average molecular weight is 302 g/mol. The van der Waals surface area contributed by atoms with Crippen molar-refractivity contribution in [2.75, 3.05) is 33.2 Å². The minimum absolute atomic E-state index is 0.0810. The highest BCUT2D eigenvalue weighted by Gasteiger charge is 2.21. The summed E-state index contributed by atoms with van der Waals surface area (Å²) in [6.07, 6.45) is 0. The maximum absolute atomic E-state index is 13.0. The summed E-state index contributed by atoms with van der Waals surface area (Å²) in [5.41, 5.74) is 0.280. The number of amides is 1. The zero-order chi connectivity index (χ0) is 12.4. The van der Waals surface area contributed by atoms with Gasteiger partial charge in [0.1, 0.15) is 10.3 Å². The molecule has 0 radical (unpaired) electrons. The molecule has 1 aliphatic heterocycles. The van der Waals surface area contributed by atoms with Crippen LogP contribution in [0.4, 0.5) is 4.39 Å². The van der Waals surface area contributed by atoms with Gasteiger partial charge in [0, 0.05) is 26.2 Å². The summed E-state index contributed by atoms with van der Waals surface area (Å²) in [6.45, 7) is 3.08. The summed E-state index contributed by atoms with van der Waals surface area (Å²) in [5.74, 6) is -0.598. The van der Waals surface area contributed by atoms with Crippen molar-refractivity contribution in [2.45, 2.75) is 0 Å². The molecule has 17 heavy (non-hydrogen) atoms. The first kappa shape index (κ1) is 12.4. The maximum atomic E-state index is 13.0. The molecule has 0 spiro atoms. The van der Waals surface area contributed by atoms with Crippen molar-refractivity contribution >= 4 is 21.8 Å². The molecular weight excluding hydrogens is 289 g/mol. The molecule has 0 bridgehead atoms. The fourth-order valence-electron chi connectivity index (χ4n) is 1.71. The Morgan fingerprint density at radius 3 is 2.59 bits per heavy atom. The molecule has 0 aromatic carbocycles. The molecule has 92 valence electrons. The SMILES string of the molecule is CN1CCN(C(=O)c2ccc(F)c(Br)n2)CC1. The van der Waals surface area contributed by atoms with Crippen molar-refractivity contribution in [3.63, 3.8) is 0 Å². The van der Waals surface area contributed by atoms with Crippen LogP contribution in [0, 0.1) is 5.82 Å². The molecule has 1 aromatic rings. The lowest BCUT2D eigenvalue weighted by atomic mass is 10.2. The second kappa shape index (κ2) is 5.10. The van der Waals surface area contributed by atoms with Gasteiger partial charge in [-0.1, -0.05) is 0 Å². The Hall–Kier alpha value is -1.01. The minimum Gasteiger partial charge on any atom is -0.335 e. The number of carbonyl (C=O) groups is 1. The van der Waals surface area contributed by atoms with Crippen molar-refractivity contribution in [3.05, 3.63) is 28.2 Å². The van der Waals surface area contributed by atoms with Gasteiger partial charge in [-0.25, -0.2) is 9.37 Å². The molecule has 1 fully saturated rings. The molecule has 4 nitrogen and oxygen atoms in total. The van der Waals surface area contributed by atoms with Crippen LogP contribution in [0.3, 0.4) is 0 Å². The second-order valence-corrected chi connectivity index (χ2v) is 4.82. The van der Waals surface area contributed by atoms with Crippen LogP contribution in [-0.4, -0.2) is 53.9 Å². The van der Waals surface area contributed by atoms with E-state index >= 15 is 0 Å². The standard InChI is InChI=1S/C11H13BrFN3O/c1-15-4-6-16(7-5-15)11(17)9-3-2-8(13)10(12)14-9/h2-3H,4-7H2,1H3. The average Bonchev–Trinajstić information content (AvgIpc) is 2.33. The number of piperazine rings is 1. The monoisotopic (exact) mass is 301 g/mol. The van der Waals surface area contributed by atoms with Crippen molar-refractivity contribution < 1.29 is 9.18 Å². The molecule has 0 saturated carbocycles. The van der Waals surface area contributed by atoms with E-state index in [1.54, 1.807) is 4.90 Å². The van der Waals surface area contributed by atoms with E-state index in [4.69, 9.17) is 0 Å². The Bertz CT molecular complexity index is 433. The molecule has 0 unspecified atom stereocenters. The topological polar surface area (TPSA) is 36.4 Å². The number of halogens is 2. The zero-order valence-electron chi connectivity index (χ0n) is 9.49. The number of hydrogen-bond donors (Lipinski definition) is 0. The maximum Gasteiger partial charge on any atom is 0.272 e. The van der Waals surface area contributed by atoms with E-state index in [1.165, 1.54) is 12.1 Å². The molecule has 2 heterocycles. The largest absolute Gasteiger partial charge is 0.335 e. The third-order valence-corrected chi connectivity index (χ3v) is 3.37. The van der Waals surface area contributed by atoms with Gasteiger partial charge in [0.15, 0.2) is 5.82 Å². The first-order valence-corrected chi connectivity index (χ1v) is 6.17. The van der Waals surface area contributed by atoms with E-state index in [-0.39, 0.29) is 16.2 Å². The third-order valence-electron chi connectivity index (χ3n) is 2.81. The molecular formula is C11H13BrFN3O. The molecule has 1 aliphatic rings. The Kier molecular flexibility index (Phi) is 3.73. The fraction of sp³-hybridized carbons (Fsp3) is 0.455. The zero-order valence-corrected chi connectivity index (χ0v) is 11.1. The molecule has 1 saturated heterocycles. The molecule has 0 atom stereocenters. The van der Waals surface area contributed by atoms with Crippen LogP contribution in [-0.2, 0) is 0 Å². The summed E-state index contributed by atoms with van der Waals surface area (Å²) in [5, 5.41) is 0. The quantitative estimate of drug-likeness (QED) is 0.735. The van der Waals surface area contributed by atoms with E-state index in [0.717, 1.165) is 13.1 Å². The molecule has 1 amide bonds. The van der Waals surface area contributed by atoms with Crippen LogP contribution in [0.2, 0.25) is 0 Å². The minimum atomic E-state index is -0.458. The van der Waals surface area contributed by atoms with Crippen molar-refractivity contribution in [2.24, 2.45) is 0 Å². The normalized spacial score (nSPS) is 17.2. The first-order chi connectivity index (χ1) is 8.08. The predicted octanol–water partition coefficient (Wildman–Crippen LogP) is 1.37. The lowest BCUT2D eigenvalue weighted by Gasteiger charge is -2.32. The lowest BCUT2D eigenvalue weighted by molar-refractivity contribution is 0.0658. The van der Waals surface area contributed by atoms with E-state index in [1.807, 2.05) is 7.05 Å². The fourth-order valence-corrected chi connectivity index (χ4v) is 2.03. The Morgan fingerprint density at radius 2 is 2.00 bits per heavy atom. The van der Waals surface area contributed by atoms with Gasteiger partial charge < -0.3 is 9.80 Å². The van der Waals surface area contributed by atoms with Crippen LogP contribution in [0.5, 0.6) is 0 Å². The van der Waals surface area contributed by atoms with Crippen LogP contribution < -0.4 is 0 Å². The molecule has 0 N–H and O–H groups in total. The highest BCUT2D eigenvalue weighted by atomic mass is 79.9. The second-order valence-electron chi connectivity index (χ2n) is 4.06. The third kappa shape index (κ3) is 2.81. The number of hydrogen-bond acceptors (Lipinski definition) is 3. The number of likely N-dealkylation sites (N-methyl/N-ethyl adjacent to an activating group) is 1. The smallest absolute Gasteiger partial charge is 0.272 e. The molecule has 2 rings (SSSR count). The van der Waals surface area contributed by atoms with Crippen LogP contribution >= 0.6 is 15.9 Å². The highest BCUT2D eigenvalue weighted by Crippen LogP contribution is 2.14. The van der Waals surface area contributed by atoms with E-state index < -0.39 is 5.82 Å². The van der Waals surface area contributed by atoms with E-state index in [2.05, 4.69) is 25.8 Å². The van der Waals surface area contributed by atoms with Gasteiger partial charge in [-0.3, -0.25) is 4.79 Å². The predicted molar refractivity (Wildman–Crippen MR) is 65.3 cm³/mol. The number of nitrogens with zero attached hydrogens (tertiary/aromatic N) is 3. The number of rotatable bonds is 1. The number of pyridine rings is 1. The summed E-state index contributed by atoms with van der Waals surface area (Å²) in [4.78, 5) is 19.9. The van der Waals surface area contributed by atoms with Crippen molar-refractivity contribution in [1.29, 1.82) is 0 Å². The van der Waals surface area contributed by atoms with Gasteiger partial charge in [-0.15, -0.1) is 0 Å². The first-order valence-electron chi connectivity index (χ1n) is 5.38. The Morgan fingerprint density at radius 1 is 1.35 bits per heavy atom. The summed E-state index contributed by atoms with van der Waals surface area (Å²) < 4.78 is 13.1. The Labute approximate surface area is 108 Å². The van der Waals surface area contributed by atoms with Crippen LogP contribution in [0.15, 0.2) is 16.7 Å². The van der Waals surface area contributed by atoms with Gasteiger partial charge in [0.2, 0.25) is 0 Å². The molecule has 0 aliphatic carbocycles. The van der Waals surface area contributed by atoms with Gasteiger partial charge in [0.05, 0.1) is 0 Å². The van der Waals surface area contributed by atoms with Crippen molar-refractivity contribution in [1.82, 2.24) is 14.8 Å². The summed E-state index contributed by atoms with van der Waals surface area (Å²) in [6, 6.07) is 2.67. The van der Waals surface area contributed by atoms with Gasteiger partial charge in [0.25, 0.3) is 5.91 Å². The number of aromatic nitrogens is 1. The van der Waals surface area contributed by atoms with Crippen molar-refractivity contribution in [3.8, 4) is 0 Å². The molecule has 6 heteroatoms. The van der Waals surface area contributed by atoms with Gasteiger partial charge in [-0.05, 0) is 35.1 Å². The van der Waals surface area contributed by atoms with E-state index in [0.29, 0.717) is 13.1 Å². The van der Waals surface area contributed by atoms with Gasteiger partial charge >= 0.3 is 0 Å². The van der Waals surface area contributed by atoms with Gasteiger partial charge in [-0.2, -0.15) is 0 Å². The Balaban J connectivity index is 2.11. The van der Waals surface area contributed by atoms with Crippen LogP contribution in [0.1, 0.15) is 10.5 Å². The molecule has 1 aromatic heterocycles.